The molecular weight excluding hydrogens is 371 g/mol. The van der Waals surface area contributed by atoms with Gasteiger partial charge in [-0.1, -0.05) is 0 Å². The van der Waals surface area contributed by atoms with E-state index in [-0.39, 0.29) is 11.7 Å². The molecule has 29 heavy (non-hydrogen) atoms. The maximum atomic E-state index is 14.9. The molecule has 1 aliphatic rings. The van der Waals surface area contributed by atoms with E-state index in [1.165, 1.54) is 6.07 Å². The van der Waals surface area contributed by atoms with Crippen molar-refractivity contribution in [3.63, 3.8) is 0 Å². The second-order valence-corrected chi connectivity index (χ2v) is 7.08. The zero-order chi connectivity index (χ0) is 20.0. The van der Waals surface area contributed by atoms with E-state index in [4.69, 9.17) is 5.73 Å². The average molecular weight is 390 g/mol. The number of fused-ring (bicyclic) bond motifs is 2. The standard InChI is InChI=1S/C21H19FN6O/c22-15-7-12-11(1-4-23)10-26-18(12)8-13(15)20-24-5-3-17(28-20)19-9-14-16(27-19)2-6-25-21(14)29/h3,5,7-10,26-27H,1-2,4,6,23H2,(H,25,29). The van der Waals surface area contributed by atoms with Crippen molar-refractivity contribution in [2.45, 2.75) is 12.8 Å². The van der Waals surface area contributed by atoms with Gasteiger partial charge in [0.2, 0.25) is 0 Å². The monoisotopic (exact) mass is 390 g/mol. The minimum atomic E-state index is -0.391. The molecule has 146 valence electrons. The summed E-state index contributed by atoms with van der Waals surface area (Å²) in [6, 6.07) is 6.74. The Hall–Kier alpha value is -3.52. The van der Waals surface area contributed by atoms with E-state index >= 15 is 0 Å². The van der Waals surface area contributed by atoms with Crippen LogP contribution >= 0.6 is 0 Å². The highest BCUT2D eigenvalue weighted by atomic mass is 19.1. The lowest BCUT2D eigenvalue weighted by molar-refractivity contribution is 0.0946. The van der Waals surface area contributed by atoms with E-state index < -0.39 is 5.82 Å². The summed E-state index contributed by atoms with van der Waals surface area (Å²) >= 11 is 0. The molecule has 1 amide bonds. The van der Waals surface area contributed by atoms with Crippen LogP contribution in [0.5, 0.6) is 0 Å². The lowest BCUT2D eigenvalue weighted by Crippen LogP contribution is -2.31. The Balaban J connectivity index is 1.56. The number of hydrogen-bond donors (Lipinski definition) is 4. The topological polar surface area (TPSA) is 112 Å². The van der Waals surface area contributed by atoms with Gasteiger partial charge in [-0.3, -0.25) is 4.79 Å². The first-order valence-electron chi connectivity index (χ1n) is 9.47. The highest BCUT2D eigenvalue weighted by Crippen LogP contribution is 2.29. The molecule has 0 unspecified atom stereocenters. The third-order valence-electron chi connectivity index (χ3n) is 5.25. The molecule has 0 fully saturated rings. The molecule has 4 aromatic rings. The van der Waals surface area contributed by atoms with Crippen molar-refractivity contribution in [1.29, 1.82) is 0 Å². The van der Waals surface area contributed by atoms with Crippen molar-refractivity contribution in [2.75, 3.05) is 13.1 Å². The molecule has 5 rings (SSSR count). The minimum absolute atomic E-state index is 0.0976. The van der Waals surface area contributed by atoms with Crippen molar-refractivity contribution in [1.82, 2.24) is 25.3 Å². The first-order chi connectivity index (χ1) is 14.1. The van der Waals surface area contributed by atoms with E-state index in [0.717, 1.165) is 28.6 Å². The lowest BCUT2D eigenvalue weighted by Gasteiger charge is -2.10. The van der Waals surface area contributed by atoms with Crippen LogP contribution < -0.4 is 11.1 Å². The van der Waals surface area contributed by atoms with Crippen molar-refractivity contribution < 1.29 is 9.18 Å². The first-order valence-corrected chi connectivity index (χ1v) is 9.47. The van der Waals surface area contributed by atoms with Gasteiger partial charge in [0.05, 0.1) is 22.5 Å². The quantitative estimate of drug-likeness (QED) is 0.429. The molecule has 0 saturated heterocycles. The molecule has 1 aliphatic heterocycles. The fourth-order valence-corrected chi connectivity index (χ4v) is 3.80. The van der Waals surface area contributed by atoms with Gasteiger partial charge in [-0.15, -0.1) is 0 Å². The van der Waals surface area contributed by atoms with E-state index in [1.54, 1.807) is 24.4 Å². The van der Waals surface area contributed by atoms with Gasteiger partial charge < -0.3 is 21.0 Å². The molecule has 0 radical (unpaired) electrons. The van der Waals surface area contributed by atoms with E-state index in [2.05, 4.69) is 25.3 Å². The van der Waals surface area contributed by atoms with Crippen LogP contribution in [0.15, 0.2) is 36.7 Å². The Morgan fingerprint density at radius 2 is 2.10 bits per heavy atom. The number of hydrogen-bond acceptors (Lipinski definition) is 4. The number of carbonyl (C=O) groups is 1. The molecule has 3 aromatic heterocycles. The van der Waals surface area contributed by atoms with Gasteiger partial charge in [0.25, 0.3) is 5.91 Å². The van der Waals surface area contributed by atoms with Gasteiger partial charge in [0, 0.05) is 42.0 Å². The Kier molecular flexibility index (Phi) is 4.13. The number of nitrogens with one attached hydrogen (secondary N) is 3. The molecule has 0 bridgehead atoms. The fraction of sp³-hybridized carbons (Fsp3) is 0.190. The average Bonchev–Trinajstić information content (AvgIpc) is 3.33. The van der Waals surface area contributed by atoms with Crippen molar-refractivity contribution in [3.8, 4) is 22.8 Å². The number of aromatic nitrogens is 4. The Morgan fingerprint density at radius 3 is 2.93 bits per heavy atom. The molecule has 4 heterocycles. The Labute approximate surface area is 165 Å². The molecule has 0 aliphatic carbocycles. The van der Waals surface area contributed by atoms with E-state index in [1.807, 2.05) is 6.20 Å². The zero-order valence-electron chi connectivity index (χ0n) is 15.6. The van der Waals surface area contributed by atoms with Gasteiger partial charge in [-0.05, 0) is 42.8 Å². The lowest BCUT2D eigenvalue weighted by atomic mass is 10.1. The van der Waals surface area contributed by atoms with Crippen molar-refractivity contribution >= 4 is 16.8 Å². The van der Waals surface area contributed by atoms with Gasteiger partial charge >= 0.3 is 0 Å². The predicted molar refractivity (Wildman–Crippen MR) is 108 cm³/mol. The van der Waals surface area contributed by atoms with Gasteiger partial charge in [-0.25, -0.2) is 14.4 Å². The summed E-state index contributed by atoms with van der Waals surface area (Å²) in [7, 11) is 0. The number of nitrogens with zero attached hydrogens (tertiary/aromatic N) is 2. The van der Waals surface area contributed by atoms with E-state index in [9.17, 15) is 9.18 Å². The number of benzene rings is 1. The number of carbonyl (C=O) groups excluding carboxylic acids is 1. The normalized spacial score (nSPS) is 13.5. The second kappa shape index (κ2) is 6.82. The third kappa shape index (κ3) is 2.98. The SMILES string of the molecule is NCCc1c[nH]c2cc(-c3nccc(-c4cc5c([nH]4)CCNC5=O)n3)c(F)cc12. The van der Waals surface area contributed by atoms with Gasteiger partial charge in [-0.2, -0.15) is 0 Å². The largest absolute Gasteiger partial charge is 0.361 e. The van der Waals surface area contributed by atoms with Crippen LogP contribution in [0.2, 0.25) is 0 Å². The van der Waals surface area contributed by atoms with Crippen LogP contribution in [0, 0.1) is 5.82 Å². The summed E-state index contributed by atoms with van der Waals surface area (Å²) in [5, 5.41) is 3.64. The van der Waals surface area contributed by atoms with Crippen LogP contribution in [-0.2, 0) is 12.8 Å². The fourth-order valence-electron chi connectivity index (χ4n) is 3.80. The first kappa shape index (κ1) is 17.6. The summed E-state index contributed by atoms with van der Waals surface area (Å²) in [6.45, 7) is 1.11. The van der Waals surface area contributed by atoms with Crippen LogP contribution in [0.4, 0.5) is 4.39 Å². The number of amides is 1. The summed E-state index contributed by atoms with van der Waals surface area (Å²) in [6.07, 6.45) is 4.86. The highest BCUT2D eigenvalue weighted by Gasteiger charge is 2.21. The molecule has 5 N–H and O–H groups in total. The van der Waals surface area contributed by atoms with Gasteiger partial charge in [0.15, 0.2) is 5.82 Å². The summed E-state index contributed by atoms with van der Waals surface area (Å²) < 4.78 is 14.9. The number of halogens is 1. The smallest absolute Gasteiger partial charge is 0.253 e. The highest BCUT2D eigenvalue weighted by molar-refractivity contribution is 5.97. The number of aromatic amines is 2. The maximum absolute atomic E-state index is 14.9. The molecule has 0 saturated carbocycles. The van der Waals surface area contributed by atoms with E-state index in [0.29, 0.717) is 42.0 Å². The van der Waals surface area contributed by atoms with Crippen LogP contribution in [-0.4, -0.2) is 38.9 Å². The summed E-state index contributed by atoms with van der Waals surface area (Å²) in [4.78, 5) is 27.2. The second-order valence-electron chi connectivity index (χ2n) is 7.08. The number of H-pyrrole nitrogens is 2. The molecule has 1 aromatic carbocycles. The zero-order valence-corrected chi connectivity index (χ0v) is 15.6. The van der Waals surface area contributed by atoms with Gasteiger partial charge in [0.1, 0.15) is 5.82 Å². The van der Waals surface area contributed by atoms with Crippen molar-refractivity contribution in [2.24, 2.45) is 5.73 Å². The van der Waals surface area contributed by atoms with Crippen molar-refractivity contribution in [3.05, 3.63) is 59.3 Å². The Bertz CT molecular complexity index is 1240. The van der Waals surface area contributed by atoms with Crippen LogP contribution in [0.1, 0.15) is 21.6 Å². The molecule has 7 nitrogen and oxygen atoms in total. The maximum Gasteiger partial charge on any atom is 0.253 e. The molecule has 0 atom stereocenters. The number of nitrogens with two attached hydrogens (primary N) is 1. The molecule has 8 heteroatoms. The molecular formula is C21H19FN6O. The summed E-state index contributed by atoms with van der Waals surface area (Å²) in [5.41, 5.74) is 10.6. The summed E-state index contributed by atoms with van der Waals surface area (Å²) in [5.74, 6) is -0.203. The molecule has 0 spiro atoms. The predicted octanol–water partition coefficient (Wildman–Crippen LogP) is 2.55. The van der Waals surface area contributed by atoms with Crippen LogP contribution in [0.25, 0.3) is 33.7 Å². The Morgan fingerprint density at radius 1 is 1.21 bits per heavy atom. The van der Waals surface area contributed by atoms with Crippen LogP contribution in [0.3, 0.4) is 0 Å². The minimum Gasteiger partial charge on any atom is -0.361 e. The number of rotatable bonds is 4. The third-order valence-corrected chi connectivity index (χ3v) is 5.25.